The van der Waals surface area contributed by atoms with Crippen molar-refractivity contribution < 1.29 is 24.2 Å². The van der Waals surface area contributed by atoms with E-state index in [0.29, 0.717) is 0 Å². The second kappa shape index (κ2) is 6.05. The summed E-state index contributed by atoms with van der Waals surface area (Å²) in [6, 6.07) is 5.66. The van der Waals surface area contributed by atoms with E-state index in [0.717, 1.165) is 0 Å². The average Bonchev–Trinajstić information content (AvgIpc) is 2.33. The van der Waals surface area contributed by atoms with Gasteiger partial charge in [-0.3, -0.25) is 10.2 Å². The highest BCUT2D eigenvalue weighted by Crippen LogP contribution is 2.09. The monoisotopic (exact) mass is 280 g/mol. The molecule has 0 aliphatic heterocycles. The summed E-state index contributed by atoms with van der Waals surface area (Å²) < 4.78 is 4.92. The first-order chi connectivity index (χ1) is 9.20. The maximum atomic E-state index is 11.8. The van der Waals surface area contributed by atoms with Gasteiger partial charge in [0, 0.05) is 0 Å². The summed E-state index contributed by atoms with van der Waals surface area (Å²) in [5, 5.41) is 8.95. The zero-order valence-electron chi connectivity index (χ0n) is 11.4. The van der Waals surface area contributed by atoms with E-state index in [4.69, 9.17) is 9.84 Å². The highest BCUT2D eigenvalue weighted by Gasteiger charge is 2.19. The molecule has 1 aromatic rings. The number of hydrogen-bond acceptors (Lipinski definition) is 4. The Labute approximate surface area is 115 Å². The Morgan fingerprint density at radius 1 is 1.05 bits per heavy atom. The summed E-state index contributed by atoms with van der Waals surface area (Å²) in [5.41, 5.74) is 3.22. The van der Waals surface area contributed by atoms with Gasteiger partial charge in [-0.25, -0.2) is 15.0 Å². The minimum atomic E-state index is -1.23. The Morgan fingerprint density at radius 2 is 1.60 bits per heavy atom. The number of hydrazine groups is 1. The minimum Gasteiger partial charge on any atom is -0.478 e. The summed E-state index contributed by atoms with van der Waals surface area (Å²) in [4.78, 5) is 34.1. The van der Waals surface area contributed by atoms with Crippen LogP contribution in [-0.4, -0.2) is 28.7 Å². The molecule has 0 fully saturated rings. The molecule has 20 heavy (non-hydrogen) atoms. The third kappa shape index (κ3) is 4.60. The Morgan fingerprint density at radius 3 is 2.10 bits per heavy atom. The summed E-state index contributed by atoms with van der Waals surface area (Å²) in [6.45, 7) is 5.02. The molecule has 7 heteroatoms. The molecule has 0 heterocycles. The smallest absolute Gasteiger partial charge is 0.426 e. The molecular formula is C13H16N2O5. The maximum absolute atomic E-state index is 11.8. The Kier molecular flexibility index (Phi) is 4.68. The first-order valence-electron chi connectivity index (χ1n) is 5.82. The molecule has 0 saturated carbocycles. The summed E-state index contributed by atoms with van der Waals surface area (Å²) in [6.07, 6.45) is -0.835. The van der Waals surface area contributed by atoms with Crippen molar-refractivity contribution in [1.82, 2.24) is 10.9 Å². The van der Waals surface area contributed by atoms with E-state index in [-0.39, 0.29) is 11.1 Å². The maximum Gasteiger partial charge on any atom is 0.426 e. The van der Waals surface area contributed by atoms with E-state index in [2.05, 4.69) is 5.43 Å². The molecule has 7 nitrogen and oxygen atoms in total. The van der Waals surface area contributed by atoms with Gasteiger partial charge in [0.1, 0.15) is 5.60 Å². The second-order valence-electron chi connectivity index (χ2n) is 4.93. The van der Waals surface area contributed by atoms with Gasteiger partial charge in [0.15, 0.2) is 0 Å². The zero-order valence-corrected chi connectivity index (χ0v) is 11.4. The molecule has 0 aromatic heterocycles. The molecule has 1 rings (SSSR count). The molecule has 0 spiro atoms. The molecule has 0 saturated heterocycles. The van der Waals surface area contributed by atoms with E-state index >= 15 is 0 Å². The largest absolute Gasteiger partial charge is 0.478 e. The summed E-state index contributed by atoms with van der Waals surface area (Å²) in [7, 11) is 0. The van der Waals surface area contributed by atoms with Gasteiger partial charge in [0.25, 0.3) is 5.91 Å². The number of nitrogens with one attached hydrogen (secondary N) is 2. The van der Waals surface area contributed by atoms with Crippen molar-refractivity contribution >= 4 is 18.0 Å². The summed E-state index contributed by atoms with van der Waals surface area (Å²) >= 11 is 0. The van der Waals surface area contributed by atoms with Gasteiger partial charge in [-0.2, -0.15) is 0 Å². The fraction of sp³-hybridized carbons (Fsp3) is 0.308. The number of ether oxygens (including phenoxy) is 1. The molecule has 1 aromatic carbocycles. The van der Waals surface area contributed by atoms with Crippen molar-refractivity contribution in [3.63, 3.8) is 0 Å². The molecule has 0 aliphatic carbocycles. The van der Waals surface area contributed by atoms with Crippen LogP contribution in [0.15, 0.2) is 24.3 Å². The Bertz CT molecular complexity index is 534. The molecule has 0 atom stereocenters. The number of benzene rings is 1. The van der Waals surface area contributed by atoms with Crippen molar-refractivity contribution in [2.24, 2.45) is 0 Å². The zero-order chi connectivity index (χ0) is 15.3. The molecule has 0 bridgehead atoms. The molecule has 2 amide bonds. The molecular weight excluding hydrogens is 264 g/mol. The van der Waals surface area contributed by atoms with Gasteiger partial charge in [-0.05, 0) is 32.9 Å². The van der Waals surface area contributed by atoms with Crippen LogP contribution in [0.5, 0.6) is 0 Å². The van der Waals surface area contributed by atoms with Crippen LogP contribution in [-0.2, 0) is 4.74 Å². The van der Waals surface area contributed by atoms with Crippen molar-refractivity contribution in [1.29, 1.82) is 0 Å². The van der Waals surface area contributed by atoms with E-state index in [1.165, 1.54) is 24.3 Å². The van der Waals surface area contributed by atoms with E-state index < -0.39 is 23.6 Å². The van der Waals surface area contributed by atoms with E-state index in [1.54, 1.807) is 20.8 Å². The van der Waals surface area contributed by atoms with Gasteiger partial charge in [-0.15, -0.1) is 0 Å². The number of carboxylic acids is 1. The lowest BCUT2D eigenvalue weighted by molar-refractivity contribution is 0.0483. The van der Waals surface area contributed by atoms with Crippen LogP contribution in [0.3, 0.4) is 0 Å². The van der Waals surface area contributed by atoms with Crippen LogP contribution in [0.2, 0.25) is 0 Å². The van der Waals surface area contributed by atoms with Crippen LogP contribution >= 0.6 is 0 Å². The van der Waals surface area contributed by atoms with E-state index in [9.17, 15) is 14.4 Å². The van der Waals surface area contributed by atoms with Crippen LogP contribution in [0, 0.1) is 0 Å². The number of aromatic carboxylic acids is 1. The minimum absolute atomic E-state index is 0.0592. The average molecular weight is 280 g/mol. The lowest BCUT2D eigenvalue weighted by Crippen LogP contribution is -2.44. The number of carboxylic acid groups (broad SMARTS) is 1. The van der Waals surface area contributed by atoms with Crippen molar-refractivity contribution in [2.75, 3.05) is 0 Å². The lowest BCUT2D eigenvalue weighted by Gasteiger charge is -2.19. The summed E-state index contributed by atoms with van der Waals surface area (Å²) in [5.74, 6) is -1.97. The number of carbonyl (C=O) groups is 3. The van der Waals surface area contributed by atoms with Crippen molar-refractivity contribution in [3.8, 4) is 0 Å². The third-order valence-corrected chi connectivity index (χ3v) is 2.08. The third-order valence-electron chi connectivity index (χ3n) is 2.08. The molecule has 0 unspecified atom stereocenters. The molecule has 0 radical (unpaired) electrons. The van der Waals surface area contributed by atoms with Crippen molar-refractivity contribution in [2.45, 2.75) is 26.4 Å². The Balaban J connectivity index is 2.69. The SMILES string of the molecule is CC(C)(C)OC(=O)NNC(=O)c1ccccc1C(=O)O. The highest BCUT2D eigenvalue weighted by atomic mass is 16.6. The van der Waals surface area contributed by atoms with Gasteiger partial charge in [-0.1, -0.05) is 12.1 Å². The quantitative estimate of drug-likeness (QED) is 0.713. The highest BCUT2D eigenvalue weighted by molar-refractivity contribution is 6.04. The van der Waals surface area contributed by atoms with Crippen LogP contribution < -0.4 is 10.9 Å². The number of amides is 2. The van der Waals surface area contributed by atoms with Gasteiger partial charge in [0.05, 0.1) is 11.1 Å². The Hall–Kier alpha value is -2.57. The normalized spacial score (nSPS) is 10.6. The lowest BCUT2D eigenvalue weighted by atomic mass is 10.1. The topological polar surface area (TPSA) is 105 Å². The van der Waals surface area contributed by atoms with Gasteiger partial charge >= 0.3 is 12.1 Å². The predicted molar refractivity (Wildman–Crippen MR) is 70.2 cm³/mol. The number of carbonyl (C=O) groups excluding carboxylic acids is 2. The number of rotatable bonds is 2. The molecule has 0 aliphatic rings. The van der Waals surface area contributed by atoms with Crippen LogP contribution in [0.1, 0.15) is 41.5 Å². The van der Waals surface area contributed by atoms with E-state index in [1.807, 2.05) is 5.43 Å². The van der Waals surface area contributed by atoms with Crippen LogP contribution in [0.25, 0.3) is 0 Å². The fourth-order valence-corrected chi connectivity index (χ4v) is 1.35. The second-order valence-corrected chi connectivity index (χ2v) is 4.93. The first-order valence-corrected chi connectivity index (χ1v) is 5.82. The standard InChI is InChI=1S/C13H16N2O5/c1-13(2,3)20-12(19)15-14-10(16)8-6-4-5-7-9(8)11(17)18/h4-7H,1-3H3,(H,14,16)(H,15,19)(H,17,18). The molecule has 3 N–H and O–H groups in total. The molecule has 108 valence electrons. The van der Waals surface area contributed by atoms with Gasteiger partial charge in [0.2, 0.25) is 0 Å². The van der Waals surface area contributed by atoms with Crippen molar-refractivity contribution in [3.05, 3.63) is 35.4 Å². The van der Waals surface area contributed by atoms with Crippen LogP contribution in [0.4, 0.5) is 4.79 Å². The number of hydrogen-bond donors (Lipinski definition) is 3. The first kappa shape index (κ1) is 15.5. The fourth-order valence-electron chi connectivity index (χ4n) is 1.35. The predicted octanol–water partition coefficient (Wildman–Crippen LogP) is 1.55. The van der Waals surface area contributed by atoms with Gasteiger partial charge < -0.3 is 9.84 Å².